The summed E-state index contributed by atoms with van der Waals surface area (Å²) in [6.07, 6.45) is -1.40. The third-order valence-corrected chi connectivity index (χ3v) is 6.20. The van der Waals surface area contributed by atoms with Gasteiger partial charge in [-0.3, -0.25) is 4.79 Å². The van der Waals surface area contributed by atoms with Gasteiger partial charge in [0.05, 0.1) is 22.7 Å². The number of carbonyl (C=O) groups excluding carboxylic acids is 1. The van der Waals surface area contributed by atoms with E-state index in [1.165, 1.54) is 17.0 Å². The van der Waals surface area contributed by atoms with Gasteiger partial charge in [-0.1, -0.05) is 17.7 Å². The average molecular weight is 542 g/mol. The van der Waals surface area contributed by atoms with Crippen LogP contribution in [0.2, 0.25) is 5.02 Å². The normalized spacial score (nSPS) is 21.5. The minimum absolute atomic E-state index is 0.105. The van der Waals surface area contributed by atoms with Crippen LogP contribution in [0.15, 0.2) is 34.5 Å². The summed E-state index contributed by atoms with van der Waals surface area (Å²) in [4.78, 5) is 18.8. The summed E-state index contributed by atoms with van der Waals surface area (Å²) in [5, 5.41) is -0.594. The number of halogens is 5. The molecule has 2 N–H and O–H groups in total. The maximum absolute atomic E-state index is 13.1. The van der Waals surface area contributed by atoms with Gasteiger partial charge in [0.25, 0.3) is 5.91 Å². The summed E-state index contributed by atoms with van der Waals surface area (Å²) in [6, 6.07) is 3.32. The highest BCUT2D eigenvalue weighted by Gasteiger charge is 2.35. The van der Waals surface area contributed by atoms with Crippen molar-refractivity contribution in [2.45, 2.75) is 38.1 Å². The van der Waals surface area contributed by atoms with Crippen LogP contribution in [0.1, 0.15) is 41.6 Å². The maximum atomic E-state index is 13.1. The molecule has 5 nitrogen and oxygen atoms in total. The predicted octanol–water partition coefficient (Wildman–Crippen LogP) is 4.78. The van der Waals surface area contributed by atoms with E-state index >= 15 is 0 Å². The SMILES string of the molecule is NC1=C(/C(I)=N/C2CCCCO2)CCN(C(=O)c2cccc(C(F)(F)F)c2Cl)C1. The van der Waals surface area contributed by atoms with Gasteiger partial charge in [-0.25, -0.2) is 4.99 Å². The topological polar surface area (TPSA) is 67.9 Å². The second-order valence-corrected chi connectivity index (χ2v) is 8.29. The highest BCUT2D eigenvalue weighted by atomic mass is 127. The molecule has 1 aromatic rings. The fourth-order valence-corrected chi connectivity index (χ4v) is 4.55. The number of hydrogen-bond acceptors (Lipinski definition) is 4. The molecule has 0 spiro atoms. The highest BCUT2D eigenvalue weighted by Crippen LogP contribution is 2.37. The van der Waals surface area contributed by atoms with Crippen LogP contribution in [-0.4, -0.2) is 40.4 Å². The standard InChI is InChI=1S/C19H20ClF3IN3O2/c20-16-12(4-3-5-13(16)19(21,22)23)18(28)27-8-7-11(14(25)10-27)17(24)26-15-6-1-2-9-29-15/h3-5,15H,1-2,6-10,25H2/b26-17-. The Morgan fingerprint density at radius 1 is 1.34 bits per heavy atom. The van der Waals surface area contributed by atoms with Gasteiger partial charge < -0.3 is 15.4 Å². The fourth-order valence-electron chi connectivity index (χ4n) is 3.31. The zero-order valence-electron chi connectivity index (χ0n) is 15.4. The molecule has 158 valence electrons. The van der Waals surface area contributed by atoms with E-state index in [1.807, 2.05) is 0 Å². The van der Waals surface area contributed by atoms with Crippen molar-refractivity contribution < 1.29 is 22.7 Å². The van der Waals surface area contributed by atoms with Gasteiger partial charge in [0, 0.05) is 24.4 Å². The number of nitrogens with two attached hydrogens (primary N) is 1. The van der Waals surface area contributed by atoms with Gasteiger partial charge in [-0.05, 0) is 60.4 Å². The first-order valence-electron chi connectivity index (χ1n) is 9.16. The Kier molecular flexibility index (Phi) is 7.10. The van der Waals surface area contributed by atoms with Crippen molar-refractivity contribution in [3.8, 4) is 0 Å². The smallest absolute Gasteiger partial charge is 0.400 e. The van der Waals surface area contributed by atoms with E-state index in [-0.39, 0.29) is 18.3 Å². The van der Waals surface area contributed by atoms with Crippen LogP contribution in [0.3, 0.4) is 0 Å². The van der Waals surface area contributed by atoms with E-state index in [1.54, 1.807) is 0 Å². The van der Waals surface area contributed by atoms with Crippen molar-refractivity contribution in [3.63, 3.8) is 0 Å². The van der Waals surface area contributed by atoms with Crippen molar-refractivity contribution in [1.29, 1.82) is 0 Å². The van der Waals surface area contributed by atoms with Gasteiger partial charge in [0.15, 0.2) is 0 Å². The highest BCUT2D eigenvalue weighted by molar-refractivity contribution is 14.1. The molecule has 1 atom stereocenters. The molecular weight excluding hydrogens is 522 g/mol. The molecule has 2 aliphatic heterocycles. The molecule has 1 saturated heterocycles. The lowest BCUT2D eigenvalue weighted by molar-refractivity contribution is -0.137. The zero-order valence-corrected chi connectivity index (χ0v) is 18.4. The number of ether oxygens (including phenoxy) is 1. The van der Waals surface area contributed by atoms with E-state index in [2.05, 4.69) is 27.6 Å². The number of carbonyl (C=O) groups is 1. The first-order chi connectivity index (χ1) is 13.7. The molecule has 1 aromatic carbocycles. The Hall–Kier alpha value is -1.33. The van der Waals surface area contributed by atoms with Crippen molar-refractivity contribution >= 4 is 43.8 Å². The van der Waals surface area contributed by atoms with Crippen LogP contribution >= 0.6 is 34.2 Å². The van der Waals surface area contributed by atoms with Crippen LogP contribution in [0.5, 0.6) is 0 Å². The molecule has 1 fully saturated rings. The summed E-state index contributed by atoms with van der Waals surface area (Å²) < 4.78 is 45.6. The summed E-state index contributed by atoms with van der Waals surface area (Å²) in [5.41, 5.74) is 6.28. The molecule has 0 bridgehead atoms. The second kappa shape index (κ2) is 9.22. The third kappa shape index (κ3) is 5.24. The van der Waals surface area contributed by atoms with Gasteiger partial charge >= 0.3 is 6.18 Å². The van der Waals surface area contributed by atoms with Crippen LogP contribution in [0.25, 0.3) is 0 Å². The number of aliphatic imine (C=N–C) groups is 1. The van der Waals surface area contributed by atoms with E-state index in [0.717, 1.165) is 34.6 Å². The van der Waals surface area contributed by atoms with Crippen molar-refractivity contribution in [2.75, 3.05) is 19.7 Å². The van der Waals surface area contributed by atoms with Crippen molar-refractivity contribution in [2.24, 2.45) is 10.7 Å². The van der Waals surface area contributed by atoms with E-state index < -0.39 is 22.7 Å². The van der Waals surface area contributed by atoms with Crippen molar-refractivity contribution in [1.82, 2.24) is 4.90 Å². The zero-order chi connectivity index (χ0) is 21.2. The minimum atomic E-state index is -4.63. The van der Waals surface area contributed by atoms with Crippen LogP contribution in [-0.2, 0) is 10.9 Å². The first kappa shape index (κ1) is 22.4. The monoisotopic (exact) mass is 541 g/mol. The molecule has 2 aliphatic rings. The van der Waals surface area contributed by atoms with E-state index in [9.17, 15) is 18.0 Å². The largest absolute Gasteiger partial charge is 0.417 e. The second-order valence-electron chi connectivity index (χ2n) is 6.89. The van der Waals surface area contributed by atoms with Crippen LogP contribution in [0, 0.1) is 0 Å². The first-order valence-corrected chi connectivity index (χ1v) is 10.6. The Balaban J connectivity index is 1.77. The van der Waals surface area contributed by atoms with Gasteiger partial charge in [-0.2, -0.15) is 13.2 Å². The molecule has 10 heteroatoms. The van der Waals surface area contributed by atoms with Gasteiger partial charge in [-0.15, -0.1) is 0 Å². The number of nitrogens with zero attached hydrogens (tertiary/aromatic N) is 2. The predicted molar refractivity (Wildman–Crippen MR) is 113 cm³/mol. The Morgan fingerprint density at radius 3 is 2.72 bits per heavy atom. The number of amides is 1. The lowest BCUT2D eigenvalue weighted by Crippen LogP contribution is -2.40. The molecule has 2 heterocycles. The van der Waals surface area contributed by atoms with Crippen LogP contribution in [0.4, 0.5) is 13.2 Å². The van der Waals surface area contributed by atoms with Crippen LogP contribution < -0.4 is 5.73 Å². The lowest BCUT2D eigenvalue weighted by Gasteiger charge is -2.30. The fraction of sp³-hybridized carbons (Fsp3) is 0.474. The Bertz CT molecular complexity index is 852. The third-order valence-electron chi connectivity index (χ3n) is 4.86. The summed E-state index contributed by atoms with van der Waals surface area (Å²) in [7, 11) is 0. The molecule has 0 aromatic heterocycles. The molecular formula is C19H20ClF3IN3O2. The van der Waals surface area contributed by atoms with Gasteiger partial charge in [0.1, 0.15) is 9.95 Å². The maximum Gasteiger partial charge on any atom is 0.417 e. The summed E-state index contributed by atoms with van der Waals surface area (Å²) in [6.45, 7) is 1.11. The Morgan fingerprint density at radius 2 is 2.10 bits per heavy atom. The lowest BCUT2D eigenvalue weighted by atomic mass is 10.0. The number of hydrogen-bond donors (Lipinski definition) is 1. The molecule has 0 aliphatic carbocycles. The molecule has 0 radical (unpaired) electrons. The molecule has 3 rings (SSSR count). The van der Waals surface area contributed by atoms with Gasteiger partial charge in [0.2, 0.25) is 0 Å². The van der Waals surface area contributed by atoms with E-state index in [4.69, 9.17) is 22.1 Å². The summed E-state index contributed by atoms with van der Waals surface area (Å²) in [5.74, 6) is -0.578. The quantitative estimate of drug-likeness (QED) is 0.443. The molecule has 1 amide bonds. The molecule has 0 saturated carbocycles. The molecule has 29 heavy (non-hydrogen) atoms. The van der Waals surface area contributed by atoms with E-state index in [0.29, 0.717) is 25.3 Å². The number of rotatable bonds is 3. The average Bonchev–Trinajstić information content (AvgIpc) is 2.67. The molecule has 1 unspecified atom stereocenters. The summed E-state index contributed by atoms with van der Waals surface area (Å²) >= 11 is 8.00. The number of alkyl halides is 3. The number of benzene rings is 1. The van der Waals surface area contributed by atoms with Crippen molar-refractivity contribution in [3.05, 3.63) is 45.6 Å². The minimum Gasteiger partial charge on any atom is -0.400 e. The Labute approximate surface area is 185 Å².